The monoisotopic (exact) mass is 357 g/mol. The predicted octanol–water partition coefficient (Wildman–Crippen LogP) is 2.65. The Labute approximate surface area is 150 Å². The van der Waals surface area contributed by atoms with E-state index >= 15 is 0 Å². The summed E-state index contributed by atoms with van der Waals surface area (Å²) in [6, 6.07) is 11.1. The van der Waals surface area contributed by atoms with Crippen molar-refractivity contribution >= 4 is 35.1 Å². The van der Waals surface area contributed by atoms with Crippen LogP contribution in [0, 0.1) is 5.92 Å². The first-order valence-electron chi connectivity index (χ1n) is 8.07. The number of benzene rings is 1. The molecule has 130 valence electrons. The fraction of sp³-hybridized carbons (Fsp3) is 0.278. The summed E-state index contributed by atoms with van der Waals surface area (Å²) in [7, 11) is 0. The number of hydrazone groups is 1. The van der Waals surface area contributed by atoms with Crippen LogP contribution in [0.15, 0.2) is 46.9 Å². The molecule has 1 atom stereocenters. The highest BCUT2D eigenvalue weighted by Crippen LogP contribution is 2.27. The zero-order valence-corrected chi connectivity index (χ0v) is 14.7. The largest absolute Gasteiger partial charge is 0.494 e. The number of rotatable bonds is 6. The van der Waals surface area contributed by atoms with E-state index in [4.69, 9.17) is 4.74 Å². The van der Waals surface area contributed by atoms with Gasteiger partial charge in [-0.05, 0) is 42.6 Å². The van der Waals surface area contributed by atoms with Gasteiger partial charge in [-0.25, -0.2) is 5.43 Å². The molecular weight excluding hydrogens is 338 g/mol. The van der Waals surface area contributed by atoms with Crippen LogP contribution in [0.2, 0.25) is 0 Å². The molecule has 7 heteroatoms. The van der Waals surface area contributed by atoms with Crippen molar-refractivity contribution in [2.24, 2.45) is 11.0 Å². The lowest BCUT2D eigenvalue weighted by molar-refractivity contribution is -0.126. The Morgan fingerprint density at radius 2 is 2.20 bits per heavy atom. The summed E-state index contributed by atoms with van der Waals surface area (Å²) in [5.74, 6) is 0.0517. The molecule has 1 aromatic carbocycles. The number of ether oxygens (including phenoxy) is 1. The van der Waals surface area contributed by atoms with Crippen LogP contribution in [0.5, 0.6) is 5.75 Å². The minimum atomic E-state index is -0.403. The van der Waals surface area contributed by atoms with Crippen LogP contribution >= 0.6 is 11.3 Å². The minimum absolute atomic E-state index is 0.0634. The van der Waals surface area contributed by atoms with Crippen LogP contribution in [0.3, 0.4) is 0 Å². The number of nitrogens with one attached hydrogen (secondary N) is 1. The first-order chi connectivity index (χ1) is 12.2. The van der Waals surface area contributed by atoms with Gasteiger partial charge in [-0.1, -0.05) is 6.07 Å². The van der Waals surface area contributed by atoms with Gasteiger partial charge in [0.15, 0.2) is 0 Å². The third kappa shape index (κ3) is 4.24. The van der Waals surface area contributed by atoms with Crippen molar-refractivity contribution in [2.75, 3.05) is 18.1 Å². The predicted molar refractivity (Wildman–Crippen MR) is 98.1 cm³/mol. The fourth-order valence-corrected chi connectivity index (χ4v) is 3.22. The smallest absolute Gasteiger partial charge is 0.245 e. The molecule has 1 saturated heterocycles. The zero-order chi connectivity index (χ0) is 17.6. The van der Waals surface area contributed by atoms with Gasteiger partial charge < -0.3 is 9.64 Å². The van der Waals surface area contributed by atoms with E-state index in [0.717, 1.165) is 16.3 Å². The van der Waals surface area contributed by atoms with Gasteiger partial charge in [-0.15, -0.1) is 11.3 Å². The van der Waals surface area contributed by atoms with Crippen LogP contribution in [0.1, 0.15) is 18.2 Å². The highest BCUT2D eigenvalue weighted by atomic mass is 32.1. The molecule has 0 bridgehead atoms. The number of anilines is 1. The summed E-state index contributed by atoms with van der Waals surface area (Å²) in [5, 5.41) is 5.89. The number of hydrogen-bond acceptors (Lipinski definition) is 5. The summed E-state index contributed by atoms with van der Waals surface area (Å²) in [4.78, 5) is 27.0. The number of carbonyl (C=O) groups is 2. The molecule has 0 radical (unpaired) electrons. The Hall–Kier alpha value is -2.67. The summed E-state index contributed by atoms with van der Waals surface area (Å²) in [6.07, 6.45) is 1.79. The zero-order valence-electron chi connectivity index (χ0n) is 13.8. The first kappa shape index (κ1) is 17.2. The van der Waals surface area contributed by atoms with E-state index in [-0.39, 0.29) is 18.2 Å². The van der Waals surface area contributed by atoms with Crippen molar-refractivity contribution in [3.63, 3.8) is 0 Å². The molecule has 25 heavy (non-hydrogen) atoms. The maximum atomic E-state index is 12.2. The molecule has 1 aliphatic heterocycles. The molecule has 2 heterocycles. The van der Waals surface area contributed by atoms with Gasteiger partial charge in [-0.2, -0.15) is 5.10 Å². The number of thiophene rings is 1. The van der Waals surface area contributed by atoms with E-state index in [1.165, 1.54) is 11.3 Å². The Morgan fingerprint density at radius 3 is 2.88 bits per heavy atom. The second-order valence-electron chi connectivity index (χ2n) is 5.58. The number of hydrogen-bond donors (Lipinski definition) is 1. The van der Waals surface area contributed by atoms with Gasteiger partial charge in [0.25, 0.3) is 0 Å². The lowest BCUT2D eigenvalue weighted by Gasteiger charge is -2.17. The Morgan fingerprint density at radius 1 is 1.40 bits per heavy atom. The number of carbonyl (C=O) groups excluding carboxylic acids is 2. The van der Waals surface area contributed by atoms with Crippen LogP contribution in [0.25, 0.3) is 0 Å². The molecule has 1 aromatic heterocycles. The third-order valence-electron chi connectivity index (χ3n) is 3.86. The lowest BCUT2D eigenvalue weighted by atomic mass is 10.1. The first-order valence-corrected chi connectivity index (χ1v) is 8.95. The van der Waals surface area contributed by atoms with Crippen LogP contribution in [-0.2, 0) is 9.59 Å². The van der Waals surface area contributed by atoms with E-state index in [9.17, 15) is 9.59 Å². The fourth-order valence-electron chi connectivity index (χ4n) is 2.64. The van der Waals surface area contributed by atoms with E-state index in [2.05, 4.69) is 10.5 Å². The molecule has 2 aromatic rings. The molecular formula is C18H19N3O3S. The quantitative estimate of drug-likeness (QED) is 0.638. The van der Waals surface area contributed by atoms with Gasteiger partial charge in [0.2, 0.25) is 11.8 Å². The van der Waals surface area contributed by atoms with Crippen molar-refractivity contribution in [1.82, 2.24) is 5.43 Å². The van der Waals surface area contributed by atoms with Crippen molar-refractivity contribution < 1.29 is 14.3 Å². The standard InChI is InChI=1S/C18H19N3O3S/c1-2-24-15-7-5-14(6-8-15)21-12-13(10-17(21)22)18(23)20-19-11-16-4-3-9-25-16/h3-9,11,13H,2,10,12H2,1H3,(H,20,23)/b19-11-/t13-/m0/s1. The second kappa shape index (κ2) is 7.94. The van der Waals surface area contributed by atoms with Crippen molar-refractivity contribution in [2.45, 2.75) is 13.3 Å². The average molecular weight is 357 g/mol. The van der Waals surface area contributed by atoms with Crippen LogP contribution in [0.4, 0.5) is 5.69 Å². The molecule has 2 amide bonds. The maximum absolute atomic E-state index is 12.2. The van der Waals surface area contributed by atoms with Gasteiger partial charge >= 0.3 is 0 Å². The highest BCUT2D eigenvalue weighted by Gasteiger charge is 2.35. The molecule has 6 nitrogen and oxygen atoms in total. The van der Waals surface area contributed by atoms with Gasteiger partial charge in [0, 0.05) is 23.5 Å². The minimum Gasteiger partial charge on any atom is -0.494 e. The molecule has 0 unspecified atom stereocenters. The van der Waals surface area contributed by atoms with Crippen molar-refractivity contribution in [3.8, 4) is 5.75 Å². The third-order valence-corrected chi connectivity index (χ3v) is 4.67. The summed E-state index contributed by atoms with van der Waals surface area (Å²) in [6.45, 7) is 2.87. The van der Waals surface area contributed by atoms with E-state index < -0.39 is 5.92 Å². The van der Waals surface area contributed by atoms with Gasteiger partial charge in [0.1, 0.15) is 5.75 Å². The highest BCUT2D eigenvalue weighted by molar-refractivity contribution is 7.11. The Balaban J connectivity index is 1.58. The van der Waals surface area contributed by atoms with Gasteiger partial charge in [-0.3, -0.25) is 9.59 Å². The lowest BCUT2D eigenvalue weighted by Crippen LogP contribution is -2.30. The Kier molecular flexibility index (Phi) is 5.45. The molecule has 0 spiro atoms. The van der Waals surface area contributed by atoms with Crippen LogP contribution < -0.4 is 15.1 Å². The topological polar surface area (TPSA) is 71.0 Å². The summed E-state index contributed by atoms with van der Waals surface area (Å²) < 4.78 is 5.40. The molecule has 0 aliphatic carbocycles. The van der Waals surface area contributed by atoms with Crippen molar-refractivity contribution in [3.05, 3.63) is 46.7 Å². The average Bonchev–Trinajstić information content (AvgIpc) is 3.26. The SMILES string of the molecule is CCOc1ccc(N2C[C@@H](C(=O)N/N=C\c3cccs3)CC2=O)cc1. The molecule has 3 rings (SSSR count). The van der Waals surface area contributed by atoms with E-state index in [0.29, 0.717) is 13.2 Å². The normalized spacial score (nSPS) is 17.2. The Bertz CT molecular complexity index is 756. The number of amides is 2. The van der Waals surface area contributed by atoms with Gasteiger partial charge in [0.05, 0.1) is 18.7 Å². The number of nitrogens with zero attached hydrogens (tertiary/aromatic N) is 2. The van der Waals surface area contributed by atoms with Crippen molar-refractivity contribution in [1.29, 1.82) is 0 Å². The molecule has 0 saturated carbocycles. The summed E-state index contributed by atoms with van der Waals surface area (Å²) >= 11 is 1.54. The molecule has 1 N–H and O–H groups in total. The maximum Gasteiger partial charge on any atom is 0.245 e. The summed E-state index contributed by atoms with van der Waals surface area (Å²) in [5.41, 5.74) is 3.29. The van der Waals surface area contributed by atoms with Crippen LogP contribution in [-0.4, -0.2) is 31.2 Å². The molecule has 1 fully saturated rings. The second-order valence-corrected chi connectivity index (χ2v) is 6.56. The van der Waals surface area contributed by atoms with E-state index in [1.807, 2.05) is 48.7 Å². The molecule has 1 aliphatic rings. The van der Waals surface area contributed by atoms with E-state index in [1.54, 1.807) is 11.1 Å².